The second-order valence-electron chi connectivity index (χ2n) is 7.81. The van der Waals surface area contributed by atoms with Gasteiger partial charge in [-0.25, -0.2) is 19.6 Å². The Morgan fingerprint density at radius 1 is 1.16 bits per heavy atom. The van der Waals surface area contributed by atoms with Gasteiger partial charge in [0.2, 0.25) is 5.95 Å². The third-order valence-electron chi connectivity index (χ3n) is 5.34. The number of carbonyl (C=O) groups is 3. The number of fused-ring (bicyclic) bond motifs is 1. The van der Waals surface area contributed by atoms with Gasteiger partial charge in [0.25, 0.3) is 5.91 Å². The molecule has 0 spiro atoms. The summed E-state index contributed by atoms with van der Waals surface area (Å²) in [5.74, 6) is -2.79. The molecule has 3 aromatic rings. The number of imidazole rings is 1. The zero-order valence-corrected chi connectivity index (χ0v) is 19.6. The molecule has 0 atom stereocenters. The van der Waals surface area contributed by atoms with Gasteiger partial charge in [-0.15, -0.1) is 0 Å². The summed E-state index contributed by atoms with van der Waals surface area (Å²) >= 11 is 0. The Kier molecular flexibility index (Phi) is 8.00. The smallest absolute Gasteiger partial charge is 0.475 e. The van der Waals surface area contributed by atoms with Crippen molar-refractivity contribution in [1.82, 2.24) is 24.6 Å². The lowest BCUT2D eigenvalue weighted by molar-refractivity contribution is -0.192. The number of benzene rings is 1. The highest BCUT2D eigenvalue weighted by molar-refractivity contribution is 5.95. The van der Waals surface area contributed by atoms with Gasteiger partial charge in [-0.3, -0.25) is 9.20 Å². The molecule has 0 bridgehead atoms. The number of amides is 3. The van der Waals surface area contributed by atoms with E-state index in [0.717, 1.165) is 16.7 Å². The number of rotatable bonds is 4. The number of aromatic nitrogens is 3. The fourth-order valence-corrected chi connectivity index (χ4v) is 3.62. The monoisotopic (exact) mass is 519 g/mol. The molecule has 11 nitrogen and oxygen atoms in total. The van der Waals surface area contributed by atoms with Crippen molar-refractivity contribution in [2.75, 3.05) is 25.4 Å². The number of anilines is 1. The Morgan fingerprint density at radius 3 is 2.32 bits per heavy atom. The molecule has 196 valence electrons. The number of hydrogen-bond acceptors (Lipinski definition) is 6. The molecule has 0 saturated carbocycles. The normalized spacial score (nSPS) is 13.4. The Bertz CT molecular complexity index is 1350. The zero-order valence-electron chi connectivity index (χ0n) is 19.6. The van der Waals surface area contributed by atoms with Gasteiger partial charge >= 0.3 is 18.2 Å². The van der Waals surface area contributed by atoms with E-state index in [-0.39, 0.29) is 17.5 Å². The van der Waals surface area contributed by atoms with Crippen LogP contribution in [0.2, 0.25) is 0 Å². The summed E-state index contributed by atoms with van der Waals surface area (Å²) in [5, 5.41) is 9.88. The van der Waals surface area contributed by atoms with Crippen LogP contribution in [0.25, 0.3) is 22.5 Å². The fourth-order valence-electron chi connectivity index (χ4n) is 3.62. The van der Waals surface area contributed by atoms with Crippen LogP contribution in [0.4, 0.5) is 23.9 Å². The third-order valence-corrected chi connectivity index (χ3v) is 5.34. The average molecular weight is 519 g/mol. The quantitative estimate of drug-likeness (QED) is 0.410. The molecular weight excluding hydrogens is 495 g/mol. The SMILES string of the molecule is CCNC(=O)c1cn2c(N)nc(-c3ccccc3)c(C3=CCN(C(N)=O)CC3)c2n1.O=C(O)C(F)(F)F. The summed E-state index contributed by atoms with van der Waals surface area (Å²) in [4.78, 5) is 43.6. The first kappa shape index (κ1) is 27.0. The molecule has 3 heterocycles. The number of halogens is 3. The number of nitrogens with two attached hydrogens (primary N) is 2. The molecule has 6 N–H and O–H groups in total. The van der Waals surface area contributed by atoms with E-state index in [2.05, 4.69) is 15.3 Å². The second-order valence-corrected chi connectivity index (χ2v) is 7.81. The van der Waals surface area contributed by atoms with E-state index in [1.165, 1.54) is 0 Å². The van der Waals surface area contributed by atoms with Gasteiger partial charge in [0.1, 0.15) is 11.3 Å². The van der Waals surface area contributed by atoms with Gasteiger partial charge in [0.05, 0.1) is 5.69 Å². The topological polar surface area (TPSA) is 169 Å². The van der Waals surface area contributed by atoms with Crippen LogP contribution in [0.3, 0.4) is 0 Å². The molecule has 4 rings (SSSR count). The van der Waals surface area contributed by atoms with E-state index in [1.807, 2.05) is 43.3 Å². The van der Waals surface area contributed by atoms with Gasteiger partial charge in [-0.2, -0.15) is 13.2 Å². The molecule has 0 fully saturated rings. The van der Waals surface area contributed by atoms with Crippen molar-refractivity contribution in [1.29, 1.82) is 0 Å². The summed E-state index contributed by atoms with van der Waals surface area (Å²) in [6.07, 6.45) is -0.943. The number of nitrogen functional groups attached to an aromatic ring is 1. The van der Waals surface area contributed by atoms with Crippen LogP contribution in [-0.4, -0.2) is 68.1 Å². The molecule has 14 heteroatoms. The zero-order chi connectivity index (χ0) is 27.3. The number of carboxylic acid groups (broad SMARTS) is 1. The van der Waals surface area contributed by atoms with Gasteiger partial charge in [0, 0.05) is 37.0 Å². The van der Waals surface area contributed by atoms with Gasteiger partial charge in [-0.1, -0.05) is 36.4 Å². The standard InChI is InChI=1S/C21H23N7O2.C2HF3O2/c1-2-24-19(29)15-12-28-18(25-15)16(13-8-10-27(11-9-13)21(23)30)17(26-20(28)22)14-6-4-3-5-7-14;3-2(4,5)1(6)7/h3-8,12H,2,9-11H2,1H3,(H2,22,26)(H2,23,30)(H,24,29);(H,6,7). The molecule has 1 aliphatic rings. The Labute approximate surface area is 208 Å². The lowest BCUT2D eigenvalue weighted by Gasteiger charge is -2.25. The van der Waals surface area contributed by atoms with E-state index < -0.39 is 18.2 Å². The maximum Gasteiger partial charge on any atom is 0.490 e. The maximum atomic E-state index is 12.4. The molecule has 1 aromatic carbocycles. The van der Waals surface area contributed by atoms with E-state index in [1.54, 1.807) is 15.5 Å². The van der Waals surface area contributed by atoms with Crippen molar-refractivity contribution in [3.05, 3.63) is 53.9 Å². The fraction of sp³-hybridized carbons (Fsp3) is 0.261. The molecule has 0 radical (unpaired) electrons. The number of carboxylic acids is 1. The van der Waals surface area contributed by atoms with Crippen molar-refractivity contribution in [3.8, 4) is 11.3 Å². The largest absolute Gasteiger partial charge is 0.490 e. The third kappa shape index (κ3) is 6.15. The number of carbonyl (C=O) groups excluding carboxylic acids is 2. The van der Waals surface area contributed by atoms with Gasteiger partial charge in [-0.05, 0) is 18.9 Å². The van der Waals surface area contributed by atoms with E-state index in [9.17, 15) is 22.8 Å². The molecule has 37 heavy (non-hydrogen) atoms. The Balaban J connectivity index is 0.000000479. The van der Waals surface area contributed by atoms with Crippen LogP contribution < -0.4 is 16.8 Å². The van der Waals surface area contributed by atoms with Gasteiger partial charge in [0.15, 0.2) is 0 Å². The maximum absolute atomic E-state index is 12.4. The highest BCUT2D eigenvalue weighted by Crippen LogP contribution is 2.35. The number of aliphatic carboxylic acids is 1. The van der Waals surface area contributed by atoms with Crippen molar-refractivity contribution >= 4 is 35.1 Å². The first-order valence-electron chi connectivity index (χ1n) is 11.0. The van der Waals surface area contributed by atoms with Crippen LogP contribution in [-0.2, 0) is 4.79 Å². The molecule has 3 amide bonds. The minimum Gasteiger partial charge on any atom is -0.475 e. The van der Waals surface area contributed by atoms with Crippen LogP contribution in [0.5, 0.6) is 0 Å². The lowest BCUT2D eigenvalue weighted by Crippen LogP contribution is -2.38. The number of primary amides is 1. The van der Waals surface area contributed by atoms with Crippen LogP contribution in [0.15, 0.2) is 42.6 Å². The first-order valence-corrected chi connectivity index (χ1v) is 11.0. The summed E-state index contributed by atoms with van der Waals surface area (Å²) in [5.41, 5.74) is 15.8. The van der Waals surface area contributed by atoms with Crippen LogP contribution in [0, 0.1) is 0 Å². The van der Waals surface area contributed by atoms with Crippen molar-refractivity contribution < 1.29 is 32.7 Å². The van der Waals surface area contributed by atoms with E-state index in [4.69, 9.17) is 21.4 Å². The summed E-state index contributed by atoms with van der Waals surface area (Å²) in [6, 6.07) is 9.24. The molecule has 0 aliphatic carbocycles. The van der Waals surface area contributed by atoms with Crippen molar-refractivity contribution in [2.24, 2.45) is 5.73 Å². The van der Waals surface area contributed by atoms with E-state index >= 15 is 0 Å². The van der Waals surface area contributed by atoms with Crippen LogP contribution in [0.1, 0.15) is 29.4 Å². The number of nitrogens with one attached hydrogen (secondary N) is 1. The molecular formula is C23H24F3N7O4. The van der Waals surface area contributed by atoms with Crippen LogP contribution >= 0.6 is 0 Å². The molecule has 0 saturated heterocycles. The lowest BCUT2D eigenvalue weighted by atomic mass is 9.95. The Hall–Kier alpha value is -4.62. The highest BCUT2D eigenvalue weighted by atomic mass is 19.4. The molecule has 2 aromatic heterocycles. The minimum atomic E-state index is -5.08. The summed E-state index contributed by atoms with van der Waals surface area (Å²) < 4.78 is 33.4. The van der Waals surface area contributed by atoms with Crippen molar-refractivity contribution in [3.63, 3.8) is 0 Å². The molecule has 1 aliphatic heterocycles. The van der Waals surface area contributed by atoms with Gasteiger partial charge < -0.3 is 26.8 Å². The molecule has 0 unspecified atom stereocenters. The predicted molar refractivity (Wildman–Crippen MR) is 128 cm³/mol. The summed E-state index contributed by atoms with van der Waals surface area (Å²) in [6.45, 7) is 3.24. The number of hydrogen-bond donors (Lipinski definition) is 4. The van der Waals surface area contributed by atoms with E-state index in [0.29, 0.717) is 37.4 Å². The predicted octanol–water partition coefficient (Wildman–Crippen LogP) is 2.53. The highest BCUT2D eigenvalue weighted by Gasteiger charge is 2.38. The number of nitrogens with zero attached hydrogens (tertiary/aromatic N) is 4. The first-order chi connectivity index (χ1) is 17.4. The number of urea groups is 1. The second kappa shape index (κ2) is 11.0. The minimum absolute atomic E-state index is 0.242. The van der Waals surface area contributed by atoms with Crippen molar-refractivity contribution in [2.45, 2.75) is 19.5 Å². The average Bonchev–Trinajstić information content (AvgIpc) is 3.31. The number of alkyl halides is 3. The Morgan fingerprint density at radius 2 is 1.81 bits per heavy atom. The summed E-state index contributed by atoms with van der Waals surface area (Å²) in [7, 11) is 0.